The molecule has 1 aliphatic rings. The molecule has 1 aromatic heterocycles. The van der Waals surface area contributed by atoms with E-state index in [1.807, 2.05) is 0 Å². The number of hydrogen-bond donors (Lipinski definition) is 2. The van der Waals surface area contributed by atoms with Crippen molar-refractivity contribution in [2.24, 2.45) is 5.92 Å². The van der Waals surface area contributed by atoms with Crippen LogP contribution in [0, 0.1) is 12.8 Å². The highest BCUT2D eigenvalue weighted by atomic mass is 32.2. The number of ether oxygens (including phenoxy) is 2. The van der Waals surface area contributed by atoms with E-state index in [2.05, 4.69) is 10.3 Å². The molecule has 1 fully saturated rings. The minimum absolute atomic E-state index is 0.0341. The summed E-state index contributed by atoms with van der Waals surface area (Å²) >= 11 is 0. The molecular weight excluding hydrogens is 549 g/mol. The van der Waals surface area contributed by atoms with Crippen LogP contribution < -0.4 is 10.1 Å². The summed E-state index contributed by atoms with van der Waals surface area (Å²) in [6.07, 6.45) is -5.91. The van der Waals surface area contributed by atoms with Gasteiger partial charge in [-0.05, 0) is 67.1 Å². The normalized spacial score (nSPS) is 18.9. The summed E-state index contributed by atoms with van der Waals surface area (Å²) in [4.78, 5) is 17.6. The predicted octanol–water partition coefficient (Wildman–Crippen LogP) is 4.54. The summed E-state index contributed by atoms with van der Waals surface area (Å²) in [6, 6.07) is 12.0. The Balaban J connectivity index is 1.45. The van der Waals surface area contributed by atoms with Crippen LogP contribution >= 0.6 is 0 Å². The molecule has 0 saturated carbocycles. The highest BCUT2D eigenvalue weighted by Gasteiger charge is 2.43. The Hall–Kier alpha value is -3.22. The fraction of sp³-hybridized carbons (Fsp3) is 0.429. The van der Waals surface area contributed by atoms with Gasteiger partial charge in [0.1, 0.15) is 0 Å². The van der Waals surface area contributed by atoms with Crippen molar-refractivity contribution >= 4 is 26.5 Å². The molecule has 12 heteroatoms. The van der Waals surface area contributed by atoms with E-state index in [9.17, 15) is 31.5 Å². The van der Waals surface area contributed by atoms with Gasteiger partial charge < -0.3 is 19.9 Å². The maximum atomic E-state index is 13.0. The summed E-state index contributed by atoms with van der Waals surface area (Å²) in [7, 11) is -3.37. The summed E-state index contributed by atoms with van der Waals surface area (Å²) < 4.78 is 73.5. The fourth-order valence-electron chi connectivity index (χ4n) is 4.55. The number of nitrogens with one attached hydrogen (secondary N) is 1. The van der Waals surface area contributed by atoms with E-state index < -0.39 is 40.7 Å². The average molecular weight is 581 g/mol. The van der Waals surface area contributed by atoms with Crippen molar-refractivity contribution in [3.8, 4) is 5.88 Å². The fourth-order valence-corrected chi connectivity index (χ4v) is 5.43. The Kier molecular flexibility index (Phi) is 9.01. The molecule has 0 radical (unpaired) electrons. The summed E-state index contributed by atoms with van der Waals surface area (Å²) in [5.74, 6) is -0.363. The molecule has 0 bridgehead atoms. The van der Waals surface area contributed by atoms with Crippen LogP contribution in [0.2, 0.25) is 0 Å². The molecule has 40 heavy (non-hydrogen) atoms. The van der Waals surface area contributed by atoms with Gasteiger partial charge in [-0.2, -0.15) is 13.2 Å². The molecule has 0 unspecified atom stereocenters. The molecule has 0 aliphatic carbocycles. The number of aliphatic hydroxyl groups is 1. The maximum absolute atomic E-state index is 13.0. The number of hydrogen-bond acceptors (Lipinski definition) is 7. The number of fused-ring (bicyclic) bond motifs is 1. The van der Waals surface area contributed by atoms with Crippen LogP contribution in [0.3, 0.4) is 0 Å². The third kappa shape index (κ3) is 6.91. The Morgan fingerprint density at radius 1 is 1.18 bits per heavy atom. The summed E-state index contributed by atoms with van der Waals surface area (Å²) in [5, 5.41) is 14.0. The van der Waals surface area contributed by atoms with Gasteiger partial charge in [0, 0.05) is 22.6 Å². The lowest BCUT2D eigenvalue weighted by Crippen LogP contribution is -2.38. The van der Waals surface area contributed by atoms with E-state index in [4.69, 9.17) is 9.47 Å². The van der Waals surface area contributed by atoms with Gasteiger partial charge in [-0.15, -0.1) is 0 Å². The molecular formula is C28H31F3N2O6S. The molecule has 2 aromatic carbocycles. The molecule has 4 rings (SSSR count). The number of alkyl halides is 3. The van der Waals surface area contributed by atoms with E-state index in [1.165, 1.54) is 12.1 Å². The highest BCUT2D eigenvalue weighted by molar-refractivity contribution is 7.91. The van der Waals surface area contributed by atoms with Crippen LogP contribution in [0.4, 0.5) is 13.2 Å². The topological polar surface area (TPSA) is 115 Å². The number of aromatic nitrogens is 1. The third-order valence-corrected chi connectivity index (χ3v) is 8.64. The number of aryl methyl sites for hydroxylation is 1. The van der Waals surface area contributed by atoms with Crippen molar-refractivity contribution < 1.29 is 41.0 Å². The smallest absolute Gasteiger partial charge is 0.414 e. The monoisotopic (exact) mass is 580 g/mol. The largest absolute Gasteiger partial charge is 0.477 e. The summed E-state index contributed by atoms with van der Waals surface area (Å²) in [6.45, 7) is 3.02. The zero-order chi connectivity index (χ0) is 29.1. The van der Waals surface area contributed by atoms with Crippen LogP contribution in [0.5, 0.6) is 5.88 Å². The lowest BCUT2D eigenvalue weighted by atomic mass is 9.99. The van der Waals surface area contributed by atoms with Crippen molar-refractivity contribution in [1.29, 1.82) is 0 Å². The average Bonchev–Trinajstić information content (AvgIpc) is 2.93. The van der Waals surface area contributed by atoms with Gasteiger partial charge in [0.15, 0.2) is 15.9 Å². The van der Waals surface area contributed by atoms with Crippen molar-refractivity contribution in [1.82, 2.24) is 10.3 Å². The molecule has 0 spiro atoms. The van der Waals surface area contributed by atoms with E-state index in [0.29, 0.717) is 39.9 Å². The standard InChI is InChI=1S/C28H31F3N2O6S/c1-3-40(36,37)22-8-5-19(6-9-22)24(14-34)33-26(35)20-7-10-23-21(13-20)12-17(2)32-27(23)39-16-18-4-11-25(38-15-18)28(29,30)31/h5-10,12-13,18,24-25,34H,3-4,11,14-16H2,1-2H3,(H,33,35)/t18-,24-,25-/m0/s1. The molecule has 1 aliphatic heterocycles. The molecule has 1 amide bonds. The van der Waals surface area contributed by atoms with E-state index in [-0.39, 0.29) is 36.2 Å². The van der Waals surface area contributed by atoms with Gasteiger partial charge >= 0.3 is 6.18 Å². The number of halogens is 3. The van der Waals surface area contributed by atoms with Crippen molar-refractivity contribution in [2.75, 3.05) is 25.6 Å². The van der Waals surface area contributed by atoms with Gasteiger partial charge in [-0.3, -0.25) is 4.79 Å². The maximum Gasteiger partial charge on any atom is 0.414 e. The minimum Gasteiger partial charge on any atom is -0.477 e. The molecule has 216 valence electrons. The molecule has 8 nitrogen and oxygen atoms in total. The second kappa shape index (κ2) is 12.1. The second-order valence-electron chi connectivity index (χ2n) is 9.80. The molecule has 2 N–H and O–H groups in total. The van der Waals surface area contributed by atoms with Crippen LogP contribution in [0.15, 0.2) is 53.4 Å². The van der Waals surface area contributed by atoms with Crippen LogP contribution in [0.25, 0.3) is 10.8 Å². The van der Waals surface area contributed by atoms with Gasteiger partial charge in [-0.1, -0.05) is 19.1 Å². The zero-order valence-corrected chi connectivity index (χ0v) is 22.9. The van der Waals surface area contributed by atoms with Crippen molar-refractivity contribution in [2.45, 2.75) is 49.9 Å². The quantitative estimate of drug-likeness (QED) is 0.382. The first-order valence-electron chi connectivity index (χ1n) is 12.9. The second-order valence-corrected chi connectivity index (χ2v) is 12.1. The van der Waals surface area contributed by atoms with Gasteiger partial charge in [-0.25, -0.2) is 13.4 Å². The minimum atomic E-state index is -4.37. The number of nitrogens with zero attached hydrogens (tertiary/aromatic N) is 1. The molecule has 3 atom stereocenters. The van der Waals surface area contributed by atoms with Crippen LogP contribution in [-0.2, 0) is 14.6 Å². The van der Waals surface area contributed by atoms with Gasteiger partial charge in [0.2, 0.25) is 5.88 Å². The van der Waals surface area contributed by atoms with Crippen molar-refractivity contribution in [3.63, 3.8) is 0 Å². The Morgan fingerprint density at radius 3 is 2.50 bits per heavy atom. The first-order chi connectivity index (χ1) is 18.9. The predicted molar refractivity (Wildman–Crippen MR) is 142 cm³/mol. The summed E-state index contributed by atoms with van der Waals surface area (Å²) in [5.41, 5.74) is 1.51. The van der Waals surface area contributed by atoms with E-state index in [1.54, 1.807) is 50.2 Å². The van der Waals surface area contributed by atoms with E-state index in [0.717, 1.165) is 0 Å². The SMILES string of the molecule is CCS(=O)(=O)c1ccc([C@H](CO)NC(=O)c2ccc3c(OC[C@H]4CC[C@@H](C(F)(F)F)OC4)nc(C)cc3c2)cc1. The first kappa shape index (κ1) is 29.8. The number of benzene rings is 2. The number of pyridine rings is 1. The Labute approximate surface area is 230 Å². The Morgan fingerprint density at radius 2 is 1.90 bits per heavy atom. The number of sulfone groups is 1. The lowest BCUT2D eigenvalue weighted by molar-refractivity contribution is -0.236. The third-order valence-electron chi connectivity index (χ3n) is 6.89. The molecule has 2 heterocycles. The number of amides is 1. The van der Waals surface area contributed by atoms with Crippen molar-refractivity contribution in [3.05, 3.63) is 65.4 Å². The van der Waals surface area contributed by atoms with Gasteiger partial charge in [0.05, 0.1) is 36.5 Å². The van der Waals surface area contributed by atoms with Crippen LogP contribution in [-0.4, -0.2) is 62.3 Å². The van der Waals surface area contributed by atoms with E-state index >= 15 is 0 Å². The number of aliphatic hydroxyl groups excluding tert-OH is 1. The lowest BCUT2D eigenvalue weighted by Gasteiger charge is -2.30. The van der Waals surface area contributed by atoms with Gasteiger partial charge in [0.25, 0.3) is 5.91 Å². The molecule has 3 aromatic rings. The number of rotatable bonds is 9. The highest BCUT2D eigenvalue weighted by Crippen LogP contribution is 2.32. The number of carbonyl (C=O) groups excluding carboxylic acids is 1. The first-order valence-corrected chi connectivity index (χ1v) is 14.5. The molecule has 1 saturated heterocycles. The Bertz CT molecular complexity index is 1450. The van der Waals surface area contributed by atoms with Crippen LogP contribution in [0.1, 0.15) is 47.4 Å². The zero-order valence-electron chi connectivity index (χ0n) is 22.1. The number of carbonyl (C=O) groups is 1.